The lowest BCUT2D eigenvalue weighted by atomic mass is 10.1. The summed E-state index contributed by atoms with van der Waals surface area (Å²) in [6.45, 7) is 3.87. The smallest absolute Gasteiger partial charge is 0.161 e. The second kappa shape index (κ2) is 11.7. The van der Waals surface area contributed by atoms with E-state index in [2.05, 4.69) is 41.0 Å². The predicted octanol–water partition coefficient (Wildman–Crippen LogP) is 7.67. The quantitative estimate of drug-likeness (QED) is 0.178. The van der Waals surface area contributed by atoms with Crippen LogP contribution in [0.5, 0.6) is 17.2 Å². The third-order valence-corrected chi connectivity index (χ3v) is 6.42. The van der Waals surface area contributed by atoms with Crippen LogP contribution >= 0.6 is 0 Å². The molecule has 0 spiro atoms. The number of aromatic nitrogens is 2. The van der Waals surface area contributed by atoms with Crippen molar-refractivity contribution in [3.05, 3.63) is 102 Å². The molecule has 0 saturated heterocycles. The maximum atomic E-state index is 6.29. The van der Waals surface area contributed by atoms with Crippen molar-refractivity contribution in [1.29, 1.82) is 0 Å². The molecule has 1 heterocycles. The summed E-state index contributed by atoms with van der Waals surface area (Å²) in [5.41, 5.74) is 3.21. The van der Waals surface area contributed by atoms with Gasteiger partial charge in [0, 0.05) is 11.9 Å². The van der Waals surface area contributed by atoms with Crippen LogP contribution in [0, 0.1) is 0 Å². The minimum absolute atomic E-state index is 0.412. The molecule has 0 aliphatic rings. The highest BCUT2D eigenvalue weighted by molar-refractivity contribution is 5.88. The molecular weight excluding hydrogens is 460 g/mol. The SMILES string of the molecule is C/C=C/c1ccc(OCCCCn2c(COc3cccc4ccccc34)nc3ccccc32)c(OC)c1. The molecule has 0 N–H and O–H groups in total. The summed E-state index contributed by atoms with van der Waals surface area (Å²) < 4.78 is 20.1. The van der Waals surface area contributed by atoms with Gasteiger partial charge in [-0.2, -0.15) is 0 Å². The summed E-state index contributed by atoms with van der Waals surface area (Å²) >= 11 is 0. The highest BCUT2D eigenvalue weighted by Gasteiger charge is 2.12. The van der Waals surface area contributed by atoms with Gasteiger partial charge in [-0.05, 0) is 61.0 Å². The Hall–Kier alpha value is -4.25. The first kappa shape index (κ1) is 24.4. The van der Waals surface area contributed by atoms with Crippen molar-refractivity contribution in [2.24, 2.45) is 0 Å². The number of methoxy groups -OCH3 is 1. The first-order valence-corrected chi connectivity index (χ1v) is 12.7. The Balaban J connectivity index is 1.24. The van der Waals surface area contributed by atoms with E-state index >= 15 is 0 Å². The van der Waals surface area contributed by atoms with Crippen molar-refractivity contribution >= 4 is 27.9 Å². The van der Waals surface area contributed by atoms with E-state index in [1.54, 1.807) is 7.11 Å². The van der Waals surface area contributed by atoms with Crippen LogP contribution in [0.3, 0.4) is 0 Å². The van der Waals surface area contributed by atoms with Crippen LogP contribution in [-0.2, 0) is 13.2 Å². The number of benzene rings is 4. The zero-order chi connectivity index (χ0) is 25.5. The van der Waals surface area contributed by atoms with Crippen molar-refractivity contribution in [2.75, 3.05) is 13.7 Å². The number of ether oxygens (including phenoxy) is 3. The van der Waals surface area contributed by atoms with Gasteiger partial charge in [0.05, 0.1) is 24.8 Å². The van der Waals surface area contributed by atoms with Gasteiger partial charge in [0.2, 0.25) is 0 Å². The number of aryl methyl sites for hydroxylation is 1. The monoisotopic (exact) mass is 492 g/mol. The lowest BCUT2D eigenvalue weighted by Crippen LogP contribution is -2.09. The van der Waals surface area contributed by atoms with E-state index in [1.807, 2.05) is 67.6 Å². The van der Waals surface area contributed by atoms with Crippen LogP contribution in [0.1, 0.15) is 31.2 Å². The molecule has 0 atom stereocenters. The van der Waals surface area contributed by atoms with Gasteiger partial charge in [0.25, 0.3) is 0 Å². The number of hydrogen-bond donors (Lipinski definition) is 0. The predicted molar refractivity (Wildman–Crippen MR) is 150 cm³/mol. The fourth-order valence-electron chi connectivity index (χ4n) is 4.60. The molecule has 0 fully saturated rings. The Bertz CT molecular complexity index is 1510. The first-order valence-electron chi connectivity index (χ1n) is 12.7. The molecule has 0 bridgehead atoms. The van der Waals surface area contributed by atoms with E-state index < -0.39 is 0 Å². The van der Waals surface area contributed by atoms with Crippen LogP contribution in [0.2, 0.25) is 0 Å². The van der Waals surface area contributed by atoms with E-state index in [1.165, 1.54) is 5.39 Å². The molecule has 1 aromatic heterocycles. The van der Waals surface area contributed by atoms with Crippen LogP contribution < -0.4 is 14.2 Å². The maximum absolute atomic E-state index is 6.29. The first-order chi connectivity index (χ1) is 18.3. The van der Waals surface area contributed by atoms with Crippen LogP contribution in [0.25, 0.3) is 27.9 Å². The maximum Gasteiger partial charge on any atom is 0.161 e. The molecule has 0 amide bonds. The minimum Gasteiger partial charge on any atom is -0.493 e. The highest BCUT2D eigenvalue weighted by Crippen LogP contribution is 2.29. The fourth-order valence-corrected chi connectivity index (χ4v) is 4.60. The van der Waals surface area contributed by atoms with Crippen molar-refractivity contribution in [3.8, 4) is 17.2 Å². The highest BCUT2D eigenvalue weighted by atomic mass is 16.5. The van der Waals surface area contributed by atoms with Gasteiger partial charge in [-0.25, -0.2) is 4.98 Å². The lowest BCUT2D eigenvalue weighted by Gasteiger charge is -2.13. The van der Waals surface area contributed by atoms with E-state index in [4.69, 9.17) is 19.2 Å². The van der Waals surface area contributed by atoms with Crippen LogP contribution in [0.4, 0.5) is 0 Å². The zero-order valence-corrected chi connectivity index (χ0v) is 21.4. The Labute approximate surface area is 217 Å². The number of hydrogen-bond acceptors (Lipinski definition) is 4. The summed E-state index contributed by atoms with van der Waals surface area (Å²) in [7, 11) is 1.67. The Morgan fingerprint density at radius 3 is 2.54 bits per heavy atom. The van der Waals surface area contributed by atoms with Crippen LogP contribution in [-0.4, -0.2) is 23.3 Å². The average molecular weight is 493 g/mol. The largest absolute Gasteiger partial charge is 0.493 e. The van der Waals surface area contributed by atoms with Gasteiger partial charge in [0.15, 0.2) is 11.5 Å². The average Bonchev–Trinajstić information content (AvgIpc) is 3.29. The Morgan fingerprint density at radius 1 is 0.811 bits per heavy atom. The molecule has 5 rings (SSSR count). The molecule has 5 heteroatoms. The number of nitrogens with zero attached hydrogens (tertiary/aromatic N) is 2. The van der Waals surface area contributed by atoms with Gasteiger partial charge >= 0.3 is 0 Å². The van der Waals surface area contributed by atoms with Gasteiger partial charge in [-0.3, -0.25) is 0 Å². The van der Waals surface area contributed by atoms with Gasteiger partial charge < -0.3 is 18.8 Å². The normalized spacial score (nSPS) is 11.4. The second-order valence-corrected chi connectivity index (χ2v) is 8.90. The van der Waals surface area contributed by atoms with E-state index in [0.717, 1.165) is 64.4 Å². The molecule has 4 aromatic carbocycles. The summed E-state index contributed by atoms with van der Waals surface area (Å²) in [5.74, 6) is 3.33. The molecule has 37 heavy (non-hydrogen) atoms. The van der Waals surface area contributed by atoms with Crippen molar-refractivity contribution < 1.29 is 14.2 Å². The molecule has 0 radical (unpaired) electrons. The molecule has 5 nitrogen and oxygen atoms in total. The van der Waals surface area contributed by atoms with Gasteiger partial charge in [-0.15, -0.1) is 0 Å². The van der Waals surface area contributed by atoms with Crippen molar-refractivity contribution in [1.82, 2.24) is 9.55 Å². The molecule has 5 aromatic rings. The van der Waals surface area contributed by atoms with E-state index in [0.29, 0.717) is 13.2 Å². The number of unbranched alkanes of at least 4 members (excludes halogenated alkanes) is 1. The molecule has 0 saturated carbocycles. The topological polar surface area (TPSA) is 45.5 Å². The standard InChI is InChI=1S/C32H32N2O3/c1-3-11-24-18-19-30(31(22-24)35-2)36-21-9-8-20-34-28-16-7-6-15-27(28)33-32(34)23-37-29-17-10-13-25-12-4-5-14-26(25)29/h3-7,10-19,22H,8-9,20-21,23H2,1-2H3/b11-3+. The van der Waals surface area contributed by atoms with Gasteiger partial charge in [0.1, 0.15) is 18.2 Å². The van der Waals surface area contributed by atoms with Crippen molar-refractivity contribution in [3.63, 3.8) is 0 Å². The summed E-state index contributed by atoms with van der Waals surface area (Å²) in [6, 6.07) is 28.7. The summed E-state index contributed by atoms with van der Waals surface area (Å²) in [5, 5.41) is 2.28. The molecule has 188 valence electrons. The zero-order valence-electron chi connectivity index (χ0n) is 21.4. The summed E-state index contributed by atoms with van der Waals surface area (Å²) in [6.07, 6.45) is 5.93. The number of fused-ring (bicyclic) bond motifs is 2. The van der Waals surface area contributed by atoms with Gasteiger partial charge in [-0.1, -0.05) is 66.7 Å². The second-order valence-electron chi connectivity index (χ2n) is 8.90. The molecule has 0 unspecified atom stereocenters. The third kappa shape index (κ3) is 5.61. The van der Waals surface area contributed by atoms with Crippen LogP contribution in [0.15, 0.2) is 91.0 Å². The Morgan fingerprint density at radius 2 is 1.65 bits per heavy atom. The number of para-hydroxylation sites is 2. The molecular formula is C32H32N2O3. The molecule has 0 aliphatic carbocycles. The van der Waals surface area contributed by atoms with Crippen molar-refractivity contribution in [2.45, 2.75) is 32.9 Å². The summed E-state index contributed by atoms with van der Waals surface area (Å²) in [4.78, 5) is 4.88. The lowest BCUT2D eigenvalue weighted by molar-refractivity contribution is 0.279. The number of allylic oxidation sites excluding steroid dienone is 1. The molecule has 0 aliphatic heterocycles. The fraction of sp³-hybridized carbons (Fsp3) is 0.219. The van der Waals surface area contributed by atoms with E-state index in [-0.39, 0.29) is 0 Å². The Kier molecular flexibility index (Phi) is 7.70. The third-order valence-electron chi connectivity index (χ3n) is 6.42. The number of rotatable bonds is 11. The minimum atomic E-state index is 0.412. The number of imidazole rings is 1. The van der Waals surface area contributed by atoms with E-state index in [9.17, 15) is 0 Å².